The minimum Gasteiger partial charge on any atom is -0.497 e. The highest BCUT2D eigenvalue weighted by molar-refractivity contribution is 6.34. The lowest BCUT2D eigenvalue weighted by atomic mass is 10.1. The molecule has 0 aliphatic rings. The lowest BCUT2D eigenvalue weighted by Crippen LogP contribution is -2.37. The van der Waals surface area contributed by atoms with Crippen molar-refractivity contribution in [2.75, 3.05) is 19.0 Å². The fraction of sp³-hybridized carbons (Fsp3) is 0.130. The van der Waals surface area contributed by atoms with Crippen LogP contribution in [0.2, 0.25) is 15.1 Å². The van der Waals surface area contributed by atoms with Crippen LogP contribution in [0, 0.1) is 0 Å². The van der Waals surface area contributed by atoms with Crippen molar-refractivity contribution in [3.63, 3.8) is 0 Å². The minimum absolute atomic E-state index is 0.147. The van der Waals surface area contributed by atoms with Gasteiger partial charge >= 0.3 is 0 Å². The van der Waals surface area contributed by atoms with E-state index in [1.54, 1.807) is 73.8 Å². The van der Waals surface area contributed by atoms with Gasteiger partial charge in [-0.1, -0.05) is 40.9 Å². The normalized spacial score (nSPS) is 10.5. The number of hydrogen-bond donors (Lipinski definition) is 1. The van der Waals surface area contributed by atoms with Gasteiger partial charge in [0.05, 0.1) is 7.11 Å². The molecule has 0 radical (unpaired) electrons. The summed E-state index contributed by atoms with van der Waals surface area (Å²) in [4.78, 5) is 27.3. The molecule has 3 aromatic carbocycles. The Bertz CT molecular complexity index is 1070. The first-order valence-electron chi connectivity index (χ1n) is 9.28. The Morgan fingerprint density at radius 3 is 2.19 bits per heavy atom. The van der Waals surface area contributed by atoms with Crippen molar-refractivity contribution in [1.82, 2.24) is 4.90 Å². The number of nitrogens with one attached hydrogen (secondary N) is 1. The van der Waals surface area contributed by atoms with Crippen LogP contribution in [0.15, 0.2) is 66.7 Å². The van der Waals surface area contributed by atoms with Gasteiger partial charge in [-0.15, -0.1) is 0 Å². The van der Waals surface area contributed by atoms with Crippen molar-refractivity contribution >= 4 is 52.3 Å². The second kappa shape index (κ2) is 10.5. The molecule has 0 unspecified atom stereocenters. The third-order valence-electron chi connectivity index (χ3n) is 4.36. The standard InChI is InChI=1S/C23H19Cl3N2O3/c1-31-21-7-5-16(6-8-21)23(30)28(13-15-9-18(25)11-19(26)10-15)14-22(29)27-20-4-2-3-17(24)12-20/h2-12H,13-14H2,1H3,(H,27,29). The van der Waals surface area contributed by atoms with E-state index < -0.39 is 0 Å². The molecule has 0 bridgehead atoms. The van der Waals surface area contributed by atoms with Crippen LogP contribution in [-0.2, 0) is 11.3 Å². The molecule has 0 aromatic heterocycles. The smallest absolute Gasteiger partial charge is 0.254 e. The Balaban J connectivity index is 1.83. The summed E-state index contributed by atoms with van der Waals surface area (Å²) in [7, 11) is 1.55. The van der Waals surface area contributed by atoms with E-state index in [-0.39, 0.29) is 24.9 Å². The van der Waals surface area contributed by atoms with E-state index >= 15 is 0 Å². The highest BCUT2D eigenvalue weighted by atomic mass is 35.5. The number of ether oxygens (including phenoxy) is 1. The van der Waals surface area contributed by atoms with Crippen LogP contribution >= 0.6 is 34.8 Å². The monoisotopic (exact) mass is 476 g/mol. The molecule has 0 saturated heterocycles. The topological polar surface area (TPSA) is 58.6 Å². The van der Waals surface area contributed by atoms with Crippen LogP contribution < -0.4 is 10.1 Å². The molecule has 3 aromatic rings. The molecule has 31 heavy (non-hydrogen) atoms. The zero-order valence-corrected chi connectivity index (χ0v) is 18.8. The van der Waals surface area contributed by atoms with E-state index in [0.717, 1.165) is 0 Å². The number of hydrogen-bond acceptors (Lipinski definition) is 3. The lowest BCUT2D eigenvalue weighted by Gasteiger charge is -2.23. The molecule has 0 atom stereocenters. The zero-order chi connectivity index (χ0) is 22.4. The molecule has 3 rings (SSSR count). The molecular weight excluding hydrogens is 459 g/mol. The summed E-state index contributed by atoms with van der Waals surface area (Å²) in [6, 6.07) is 18.5. The number of amides is 2. The van der Waals surface area contributed by atoms with Gasteiger partial charge in [0.1, 0.15) is 12.3 Å². The molecule has 0 aliphatic carbocycles. The number of carbonyl (C=O) groups is 2. The summed E-state index contributed by atoms with van der Waals surface area (Å²) < 4.78 is 5.14. The van der Waals surface area contributed by atoms with Crippen LogP contribution in [0.1, 0.15) is 15.9 Å². The molecule has 8 heteroatoms. The van der Waals surface area contributed by atoms with Gasteiger partial charge < -0.3 is 15.0 Å². The Labute approximate surface area is 195 Å². The maximum absolute atomic E-state index is 13.2. The molecule has 0 heterocycles. The van der Waals surface area contributed by atoms with E-state index in [9.17, 15) is 9.59 Å². The fourth-order valence-corrected chi connectivity index (χ4v) is 3.74. The van der Waals surface area contributed by atoms with Crippen LogP contribution in [0.25, 0.3) is 0 Å². The quantitative estimate of drug-likeness (QED) is 0.458. The van der Waals surface area contributed by atoms with Crippen molar-refractivity contribution in [3.8, 4) is 5.75 Å². The van der Waals surface area contributed by atoms with Gasteiger partial charge in [0.25, 0.3) is 5.91 Å². The highest BCUT2D eigenvalue weighted by Gasteiger charge is 2.20. The Morgan fingerprint density at radius 1 is 0.903 bits per heavy atom. The average Bonchev–Trinajstić information content (AvgIpc) is 2.72. The first-order valence-corrected chi connectivity index (χ1v) is 10.4. The number of anilines is 1. The van der Waals surface area contributed by atoms with Crippen LogP contribution in [0.3, 0.4) is 0 Å². The molecule has 0 spiro atoms. The third kappa shape index (κ3) is 6.62. The number of carbonyl (C=O) groups excluding carboxylic acids is 2. The van der Waals surface area contributed by atoms with E-state index in [4.69, 9.17) is 39.5 Å². The molecule has 5 nitrogen and oxygen atoms in total. The van der Waals surface area contributed by atoms with Crippen molar-refractivity contribution in [3.05, 3.63) is 92.9 Å². The highest BCUT2D eigenvalue weighted by Crippen LogP contribution is 2.22. The average molecular weight is 478 g/mol. The maximum atomic E-state index is 13.2. The van der Waals surface area contributed by atoms with Gasteiger partial charge in [0.2, 0.25) is 5.91 Å². The van der Waals surface area contributed by atoms with Gasteiger partial charge in [-0.25, -0.2) is 0 Å². The van der Waals surface area contributed by atoms with Gasteiger partial charge in [-0.05, 0) is 66.2 Å². The van der Waals surface area contributed by atoms with Gasteiger partial charge in [0.15, 0.2) is 0 Å². The predicted octanol–water partition coefficient (Wildman–Crippen LogP) is 5.94. The minimum atomic E-state index is -0.364. The third-order valence-corrected chi connectivity index (χ3v) is 5.03. The fourth-order valence-electron chi connectivity index (χ4n) is 2.98. The SMILES string of the molecule is COc1ccc(C(=O)N(CC(=O)Nc2cccc(Cl)c2)Cc2cc(Cl)cc(Cl)c2)cc1. The summed E-state index contributed by atoms with van der Waals surface area (Å²) in [5, 5.41) is 4.15. The molecular formula is C23H19Cl3N2O3. The zero-order valence-electron chi connectivity index (χ0n) is 16.6. The van der Waals surface area contributed by atoms with E-state index in [0.29, 0.717) is 37.6 Å². The number of methoxy groups -OCH3 is 1. The summed E-state index contributed by atoms with van der Waals surface area (Å²) in [6.07, 6.45) is 0. The molecule has 0 fully saturated rings. The molecule has 2 amide bonds. The van der Waals surface area contributed by atoms with Gasteiger partial charge in [-0.2, -0.15) is 0 Å². The molecule has 1 N–H and O–H groups in total. The predicted molar refractivity (Wildman–Crippen MR) is 124 cm³/mol. The van der Waals surface area contributed by atoms with Gasteiger partial charge in [-0.3, -0.25) is 9.59 Å². The lowest BCUT2D eigenvalue weighted by molar-refractivity contribution is -0.117. The van der Waals surface area contributed by atoms with E-state index in [1.165, 1.54) is 4.90 Å². The molecule has 160 valence electrons. The molecule has 0 saturated carbocycles. The number of benzene rings is 3. The maximum Gasteiger partial charge on any atom is 0.254 e. The first-order chi connectivity index (χ1) is 14.8. The number of nitrogens with zero attached hydrogens (tertiary/aromatic N) is 1. The summed E-state index contributed by atoms with van der Waals surface area (Å²) in [5.74, 6) is -0.0549. The van der Waals surface area contributed by atoms with E-state index in [1.807, 2.05) is 0 Å². The van der Waals surface area contributed by atoms with E-state index in [2.05, 4.69) is 5.32 Å². The van der Waals surface area contributed by atoms with Crippen molar-refractivity contribution in [2.45, 2.75) is 6.54 Å². The van der Waals surface area contributed by atoms with Crippen LogP contribution in [0.5, 0.6) is 5.75 Å². The van der Waals surface area contributed by atoms with Crippen LogP contribution in [-0.4, -0.2) is 30.4 Å². The van der Waals surface area contributed by atoms with Crippen molar-refractivity contribution in [1.29, 1.82) is 0 Å². The second-order valence-corrected chi connectivity index (χ2v) is 8.04. The number of halogens is 3. The van der Waals surface area contributed by atoms with Crippen LogP contribution in [0.4, 0.5) is 5.69 Å². The molecule has 0 aliphatic heterocycles. The summed E-state index contributed by atoms with van der Waals surface area (Å²) in [5.41, 5.74) is 1.67. The Kier molecular flexibility index (Phi) is 7.80. The van der Waals surface area contributed by atoms with Crippen molar-refractivity contribution in [2.24, 2.45) is 0 Å². The summed E-state index contributed by atoms with van der Waals surface area (Å²) >= 11 is 18.2. The summed E-state index contributed by atoms with van der Waals surface area (Å²) in [6.45, 7) is -0.0321. The number of rotatable bonds is 7. The van der Waals surface area contributed by atoms with Crippen molar-refractivity contribution < 1.29 is 14.3 Å². The largest absolute Gasteiger partial charge is 0.497 e. The van der Waals surface area contributed by atoms with Gasteiger partial charge in [0, 0.05) is 32.9 Å². The Hall–Kier alpha value is -2.73. The Morgan fingerprint density at radius 2 is 1.58 bits per heavy atom. The first kappa shape index (κ1) is 22.9. The second-order valence-electron chi connectivity index (χ2n) is 6.73.